The number of nitrogens with two attached hydrogens (primary N) is 1. The summed E-state index contributed by atoms with van der Waals surface area (Å²) in [6.07, 6.45) is 3.89. The van der Waals surface area contributed by atoms with Crippen molar-refractivity contribution < 1.29 is 23.8 Å². The number of alkyl halides is 1. The molecular weight excluding hydrogens is 442 g/mol. The van der Waals surface area contributed by atoms with Crippen LogP contribution < -0.4 is 5.73 Å². The normalized spacial score (nSPS) is 24.7. The van der Waals surface area contributed by atoms with E-state index in [1.165, 1.54) is 30.5 Å². The minimum atomic E-state index is -1.78. The second kappa shape index (κ2) is 9.52. The van der Waals surface area contributed by atoms with E-state index < -0.39 is 30.1 Å². The van der Waals surface area contributed by atoms with E-state index in [1.807, 2.05) is 0 Å². The number of carbonyl (C=O) groups is 1. The average Bonchev–Trinajstić information content (AvgIpc) is 2.83. The fraction of sp³-hybridized carbons (Fsp3) is 0.360. The van der Waals surface area contributed by atoms with Crippen molar-refractivity contribution in [3.63, 3.8) is 0 Å². The summed E-state index contributed by atoms with van der Waals surface area (Å²) in [5.41, 5.74) is 6.02. The topological polar surface area (TPSA) is 122 Å². The van der Waals surface area contributed by atoms with Gasteiger partial charge in [0.2, 0.25) is 0 Å². The van der Waals surface area contributed by atoms with Crippen LogP contribution in [0.4, 0.5) is 14.5 Å². The second-order valence-corrected chi connectivity index (χ2v) is 8.85. The summed E-state index contributed by atoms with van der Waals surface area (Å²) >= 11 is 0. The maximum absolute atomic E-state index is 14.2. The van der Waals surface area contributed by atoms with Gasteiger partial charge < -0.3 is 15.9 Å². The molecule has 3 aromatic heterocycles. The van der Waals surface area contributed by atoms with Crippen molar-refractivity contribution in [2.45, 2.75) is 43.8 Å². The SMILES string of the molecule is C[C@@H]1C[C@H](c2ccncc2CC(=O)c2nc(-c3ncccc3F)ccc2N)C[C@H](O)[C@]1(O)CF. The smallest absolute Gasteiger partial charge is 0.187 e. The summed E-state index contributed by atoms with van der Waals surface area (Å²) in [5, 5.41) is 20.9. The zero-order chi connectivity index (χ0) is 24.5. The molecule has 0 aliphatic heterocycles. The van der Waals surface area contributed by atoms with E-state index >= 15 is 0 Å². The standard InChI is InChI=1S/C25H26F2N4O3/c1-14-9-15(11-22(33)25(14,34)13-26)17-6-8-29-12-16(17)10-21(32)24-19(28)4-5-20(31-24)23-18(27)3-2-7-30-23/h2-8,12,14-15,22,33-34H,9-11,13,28H2,1H3/t14-,15+,22+,25+/m1/s1. The number of halogens is 2. The zero-order valence-electron chi connectivity index (χ0n) is 18.7. The van der Waals surface area contributed by atoms with Gasteiger partial charge in [-0.1, -0.05) is 6.92 Å². The molecule has 1 aliphatic carbocycles. The van der Waals surface area contributed by atoms with Crippen LogP contribution in [0.25, 0.3) is 11.4 Å². The molecule has 34 heavy (non-hydrogen) atoms. The molecule has 3 aromatic rings. The van der Waals surface area contributed by atoms with E-state index in [9.17, 15) is 23.8 Å². The highest BCUT2D eigenvalue weighted by atomic mass is 19.1. The van der Waals surface area contributed by atoms with Gasteiger partial charge in [-0.05, 0) is 66.1 Å². The number of aliphatic hydroxyl groups excluding tert-OH is 1. The Morgan fingerprint density at radius 2 is 2.03 bits per heavy atom. The molecule has 0 bridgehead atoms. The van der Waals surface area contributed by atoms with Crippen LogP contribution in [0.2, 0.25) is 0 Å². The van der Waals surface area contributed by atoms with Crippen LogP contribution in [0.3, 0.4) is 0 Å². The van der Waals surface area contributed by atoms with E-state index in [0.717, 1.165) is 5.56 Å². The number of carbonyl (C=O) groups excluding carboxylic acids is 1. The first kappa shape index (κ1) is 23.8. The minimum absolute atomic E-state index is 0.00112. The quantitative estimate of drug-likeness (QED) is 0.475. The van der Waals surface area contributed by atoms with E-state index in [2.05, 4.69) is 15.0 Å². The van der Waals surface area contributed by atoms with Gasteiger partial charge in [-0.15, -0.1) is 0 Å². The van der Waals surface area contributed by atoms with Crippen molar-refractivity contribution in [2.24, 2.45) is 5.92 Å². The van der Waals surface area contributed by atoms with E-state index in [4.69, 9.17) is 5.73 Å². The number of ketones is 1. The predicted molar refractivity (Wildman–Crippen MR) is 122 cm³/mol. The maximum atomic E-state index is 14.2. The Kier molecular flexibility index (Phi) is 6.67. The number of hydrogen-bond acceptors (Lipinski definition) is 7. The molecule has 7 nitrogen and oxygen atoms in total. The number of pyridine rings is 3. The highest BCUT2D eigenvalue weighted by molar-refractivity contribution is 6.00. The van der Waals surface area contributed by atoms with Gasteiger partial charge in [0.25, 0.3) is 0 Å². The third-order valence-corrected chi connectivity index (χ3v) is 6.71. The predicted octanol–water partition coefficient (Wildman–Crippen LogP) is 3.26. The first-order valence-electron chi connectivity index (χ1n) is 11.0. The summed E-state index contributed by atoms with van der Waals surface area (Å²) in [6.45, 7) is 0.676. The molecule has 178 valence electrons. The monoisotopic (exact) mass is 468 g/mol. The highest BCUT2D eigenvalue weighted by Gasteiger charge is 2.47. The average molecular weight is 469 g/mol. The van der Waals surface area contributed by atoms with Gasteiger partial charge in [-0.2, -0.15) is 0 Å². The van der Waals surface area contributed by atoms with E-state index in [1.54, 1.807) is 25.4 Å². The number of aromatic nitrogens is 3. The van der Waals surface area contributed by atoms with Crippen LogP contribution in [0.5, 0.6) is 0 Å². The third kappa shape index (κ3) is 4.41. The summed E-state index contributed by atoms with van der Waals surface area (Å²) in [5.74, 6) is -1.62. The lowest BCUT2D eigenvalue weighted by Crippen LogP contribution is -2.54. The third-order valence-electron chi connectivity index (χ3n) is 6.71. The molecule has 0 saturated heterocycles. The Balaban J connectivity index is 1.61. The molecule has 0 spiro atoms. The highest BCUT2D eigenvalue weighted by Crippen LogP contribution is 2.43. The Morgan fingerprint density at radius 3 is 2.74 bits per heavy atom. The van der Waals surface area contributed by atoms with Crippen molar-refractivity contribution >= 4 is 11.5 Å². The molecular formula is C25H26F2N4O3. The van der Waals surface area contributed by atoms with Crippen LogP contribution in [0, 0.1) is 11.7 Å². The Hall–Kier alpha value is -3.30. The van der Waals surface area contributed by atoms with Gasteiger partial charge >= 0.3 is 0 Å². The van der Waals surface area contributed by atoms with Gasteiger partial charge in [0.05, 0.1) is 17.5 Å². The van der Waals surface area contributed by atoms with Crippen molar-refractivity contribution in [1.29, 1.82) is 0 Å². The van der Waals surface area contributed by atoms with Gasteiger partial charge in [0.15, 0.2) is 11.6 Å². The molecule has 4 atom stereocenters. The first-order chi connectivity index (χ1) is 16.2. The molecule has 0 aromatic carbocycles. The summed E-state index contributed by atoms with van der Waals surface area (Å²) < 4.78 is 27.6. The molecule has 3 heterocycles. The van der Waals surface area contributed by atoms with E-state index in [0.29, 0.717) is 12.0 Å². The fourth-order valence-corrected chi connectivity index (χ4v) is 4.64. The second-order valence-electron chi connectivity index (χ2n) is 8.85. The Labute approximate surface area is 195 Å². The lowest BCUT2D eigenvalue weighted by Gasteiger charge is -2.44. The first-order valence-corrected chi connectivity index (χ1v) is 11.0. The maximum Gasteiger partial charge on any atom is 0.187 e. The Morgan fingerprint density at radius 1 is 1.24 bits per heavy atom. The number of nitrogens with zero attached hydrogens (tertiary/aromatic N) is 3. The van der Waals surface area contributed by atoms with Gasteiger partial charge in [-0.25, -0.2) is 13.8 Å². The molecule has 0 radical (unpaired) electrons. The molecule has 4 rings (SSSR count). The number of anilines is 1. The number of aliphatic hydroxyl groups is 2. The van der Waals surface area contributed by atoms with Crippen molar-refractivity contribution in [2.75, 3.05) is 12.4 Å². The molecule has 0 amide bonds. The number of nitrogen functional groups attached to an aromatic ring is 1. The molecule has 1 fully saturated rings. The largest absolute Gasteiger partial charge is 0.397 e. The van der Waals surface area contributed by atoms with Crippen LogP contribution in [-0.4, -0.2) is 49.3 Å². The van der Waals surface area contributed by atoms with Crippen LogP contribution in [0.1, 0.15) is 47.3 Å². The lowest BCUT2D eigenvalue weighted by atomic mass is 9.68. The molecule has 1 saturated carbocycles. The van der Waals surface area contributed by atoms with Crippen molar-refractivity contribution in [3.8, 4) is 11.4 Å². The summed E-state index contributed by atoms with van der Waals surface area (Å²) in [4.78, 5) is 25.6. The number of hydrogen-bond donors (Lipinski definition) is 3. The molecule has 4 N–H and O–H groups in total. The molecule has 0 unspecified atom stereocenters. The van der Waals surface area contributed by atoms with Crippen molar-refractivity contribution in [1.82, 2.24) is 15.0 Å². The van der Waals surface area contributed by atoms with E-state index in [-0.39, 0.29) is 47.3 Å². The minimum Gasteiger partial charge on any atom is -0.397 e. The number of rotatable bonds is 6. The van der Waals surface area contributed by atoms with Gasteiger partial charge in [0, 0.05) is 25.0 Å². The van der Waals surface area contributed by atoms with Crippen molar-refractivity contribution in [3.05, 3.63) is 71.6 Å². The summed E-state index contributed by atoms with van der Waals surface area (Å²) in [7, 11) is 0. The zero-order valence-corrected chi connectivity index (χ0v) is 18.7. The lowest BCUT2D eigenvalue weighted by molar-refractivity contribution is -0.146. The molecule has 1 aliphatic rings. The fourth-order valence-electron chi connectivity index (χ4n) is 4.64. The van der Waals surface area contributed by atoms with Crippen LogP contribution >= 0.6 is 0 Å². The van der Waals surface area contributed by atoms with Gasteiger partial charge in [-0.3, -0.25) is 14.8 Å². The van der Waals surface area contributed by atoms with Crippen LogP contribution in [-0.2, 0) is 6.42 Å². The Bertz CT molecular complexity index is 1190. The summed E-state index contributed by atoms with van der Waals surface area (Å²) in [6, 6.07) is 7.48. The molecule has 9 heteroatoms. The van der Waals surface area contributed by atoms with Gasteiger partial charge in [0.1, 0.15) is 23.7 Å². The van der Waals surface area contributed by atoms with Crippen LogP contribution in [0.15, 0.2) is 48.9 Å². The number of Topliss-reactive ketones (excluding diaryl/α,β-unsaturated/α-hetero) is 1.